The van der Waals surface area contributed by atoms with Crippen LogP contribution in [-0.4, -0.2) is 14.7 Å². The quantitative estimate of drug-likeness (QED) is 0.763. The molecule has 0 bridgehead atoms. The van der Waals surface area contributed by atoms with Crippen LogP contribution in [0, 0.1) is 0 Å². The highest BCUT2D eigenvalue weighted by atomic mass is 79.9. The predicted molar refractivity (Wildman–Crippen MR) is 77.5 cm³/mol. The van der Waals surface area contributed by atoms with Crippen molar-refractivity contribution in [2.75, 3.05) is 0 Å². The summed E-state index contributed by atoms with van der Waals surface area (Å²) >= 11 is 3.42. The fraction of sp³-hybridized carbons (Fsp3) is 0.0714. The van der Waals surface area contributed by atoms with Gasteiger partial charge in [0.25, 0.3) is 0 Å². The third-order valence-corrected chi connectivity index (χ3v) is 3.48. The molecule has 0 aliphatic rings. The molecule has 2 N–H and O–H groups in total. The van der Waals surface area contributed by atoms with Crippen LogP contribution in [0.4, 0.5) is 0 Å². The number of imidazole rings is 1. The first-order chi connectivity index (χ1) is 9.13. The fourth-order valence-electron chi connectivity index (χ4n) is 2.13. The Kier molecular flexibility index (Phi) is 2.91. The number of hydrogen-bond donors (Lipinski definition) is 2. The highest BCUT2D eigenvalue weighted by Crippen LogP contribution is 2.18. The topological polar surface area (TPSA) is 58.0 Å². The summed E-state index contributed by atoms with van der Waals surface area (Å²) in [6, 6.07) is 12.7. The molecule has 0 fully saturated rings. The normalized spacial score (nSPS) is 11.0. The average Bonchev–Trinajstić information content (AvgIpc) is 2.65. The molecule has 0 aliphatic carbocycles. The van der Waals surface area contributed by atoms with Gasteiger partial charge in [0.05, 0.1) is 17.6 Å². The maximum Gasteiger partial charge on any atom is 0.326 e. The van der Waals surface area contributed by atoms with Gasteiger partial charge in [-0.15, -0.1) is 0 Å². The van der Waals surface area contributed by atoms with Crippen molar-refractivity contribution in [3.8, 4) is 5.75 Å². The van der Waals surface area contributed by atoms with E-state index in [9.17, 15) is 9.90 Å². The Morgan fingerprint density at radius 1 is 1.21 bits per heavy atom. The molecule has 3 aromatic rings. The van der Waals surface area contributed by atoms with Gasteiger partial charge in [-0.05, 0) is 29.8 Å². The first-order valence-corrected chi connectivity index (χ1v) is 6.59. The van der Waals surface area contributed by atoms with E-state index >= 15 is 0 Å². The van der Waals surface area contributed by atoms with Crippen LogP contribution in [0.1, 0.15) is 5.56 Å². The van der Waals surface area contributed by atoms with E-state index < -0.39 is 0 Å². The Bertz CT molecular complexity index is 805. The molecular formula is C14H11BrN2O2. The summed E-state index contributed by atoms with van der Waals surface area (Å²) in [6.07, 6.45) is 0. The first kappa shape index (κ1) is 12.0. The molecule has 0 radical (unpaired) electrons. The summed E-state index contributed by atoms with van der Waals surface area (Å²) in [5, 5.41) is 9.42. The zero-order valence-corrected chi connectivity index (χ0v) is 11.5. The van der Waals surface area contributed by atoms with Crippen molar-refractivity contribution in [1.29, 1.82) is 0 Å². The molecule has 5 heteroatoms. The summed E-state index contributed by atoms with van der Waals surface area (Å²) in [5.74, 6) is 0.142. The molecule has 0 saturated carbocycles. The van der Waals surface area contributed by atoms with E-state index in [1.54, 1.807) is 22.8 Å². The Balaban J connectivity index is 2.10. The molecule has 0 aliphatic heterocycles. The second kappa shape index (κ2) is 4.59. The second-order valence-electron chi connectivity index (χ2n) is 4.35. The van der Waals surface area contributed by atoms with Gasteiger partial charge in [-0.25, -0.2) is 4.79 Å². The summed E-state index contributed by atoms with van der Waals surface area (Å²) in [7, 11) is 0. The highest BCUT2D eigenvalue weighted by Gasteiger charge is 2.07. The Morgan fingerprint density at radius 2 is 2.05 bits per heavy atom. The van der Waals surface area contributed by atoms with E-state index in [-0.39, 0.29) is 11.4 Å². The minimum atomic E-state index is -0.180. The smallest absolute Gasteiger partial charge is 0.326 e. The van der Waals surface area contributed by atoms with Gasteiger partial charge in [-0.3, -0.25) is 4.57 Å². The molecule has 96 valence electrons. The third kappa shape index (κ3) is 2.29. The third-order valence-electron chi connectivity index (χ3n) is 2.99. The number of phenols is 1. The van der Waals surface area contributed by atoms with Crippen molar-refractivity contribution < 1.29 is 5.11 Å². The van der Waals surface area contributed by atoms with Crippen molar-refractivity contribution in [3.05, 3.63) is 63.0 Å². The van der Waals surface area contributed by atoms with E-state index in [0.717, 1.165) is 15.6 Å². The number of hydrogen-bond acceptors (Lipinski definition) is 2. The van der Waals surface area contributed by atoms with Gasteiger partial charge in [-0.2, -0.15) is 0 Å². The molecule has 0 amide bonds. The van der Waals surface area contributed by atoms with Crippen molar-refractivity contribution in [2.24, 2.45) is 0 Å². The number of H-pyrrole nitrogens is 1. The van der Waals surface area contributed by atoms with Gasteiger partial charge in [0.2, 0.25) is 0 Å². The number of aromatic hydroxyl groups is 1. The highest BCUT2D eigenvalue weighted by molar-refractivity contribution is 9.10. The lowest BCUT2D eigenvalue weighted by Crippen LogP contribution is -2.17. The molecule has 2 aromatic carbocycles. The Morgan fingerprint density at radius 3 is 2.84 bits per heavy atom. The molecule has 3 rings (SSSR count). The molecule has 1 heterocycles. The zero-order chi connectivity index (χ0) is 13.4. The number of nitrogens with one attached hydrogen (secondary N) is 1. The van der Waals surface area contributed by atoms with Gasteiger partial charge in [0, 0.05) is 10.5 Å². The fourth-order valence-corrected chi connectivity index (χ4v) is 2.57. The predicted octanol–water partition coefficient (Wildman–Crippen LogP) is 2.85. The summed E-state index contributed by atoms with van der Waals surface area (Å²) < 4.78 is 2.63. The van der Waals surface area contributed by atoms with Gasteiger partial charge in [0.1, 0.15) is 5.75 Å². The maximum atomic E-state index is 12.0. The van der Waals surface area contributed by atoms with Crippen LogP contribution >= 0.6 is 15.9 Å². The first-order valence-electron chi connectivity index (χ1n) is 5.79. The van der Waals surface area contributed by atoms with Crippen LogP contribution in [0.15, 0.2) is 51.7 Å². The molecular weight excluding hydrogens is 308 g/mol. The Hall–Kier alpha value is -2.01. The van der Waals surface area contributed by atoms with Gasteiger partial charge in [-0.1, -0.05) is 28.1 Å². The molecule has 19 heavy (non-hydrogen) atoms. The maximum absolute atomic E-state index is 12.0. The zero-order valence-electron chi connectivity index (χ0n) is 9.93. The molecule has 0 unspecified atom stereocenters. The number of nitrogens with zero attached hydrogens (tertiary/aromatic N) is 1. The Labute approximate surface area is 117 Å². The van der Waals surface area contributed by atoms with Gasteiger partial charge in [0.15, 0.2) is 0 Å². The summed E-state index contributed by atoms with van der Waals surface area (Å²) in [5.41, 5.74) is 2.27. The summed E-state index contributed by atoms with van der Waals surface area (Å²) in [4.78, 5) is 14.7. The monoisotopic (exact) mass is 318 g/mol. The summed E-state index contributed by atoms with van der Waals surface area (Å²) in [6.45, 7) is 0.489. The molecule has 4 nitrogen and oxygen atoms in total. The van der Waals surface area contributed by atoms with Crippen LogP contribution in [0.5, 0.6) is 5.75 Å². The van der Waals surface area contributed by atoms with Crippen molar-refractivity contribution >= 4 is 27.0 Å². The van der Waals surface area contributed by atoms with E-state index in [4.69, 9.17) is 0 Å². The van der Waals surface area contributed by atoms with Gasteiger partial charge >= 0.3 is 5.69 Å². The standard InChI is InChI=1S/C14H11BrN2O2/c15-10-3-1-2-9(6-10)8-17-13-5-4-11(18)7-12(13)16-14(17)19/h1-7,18H,8H2,(H,16,19). The molecule has 0 saturated heterocycles. The minimum absolute atomic E-state index is 0.142. The van der Waals surface area contributed by atoms with Crippen LogP contribution in [0.2, 0.25) is 0 Å². The largest absolute Gasteiger partial charge is 0.508 e. The van der Waals surface area contributed by atoms with E-state index in [0.29, 0.717) is 12.1 Å². The minimum Gasteiger partial charge on any atom is -0.508 e. The van der Waals surface area contributed by atoms with Gasteiger partial charge < -0.3 is 10.1 Å². The molecule has 0 spiro atoms. The number of fused-ring (bicyclic) bond motifs is 1. The number of aromatic amines is 1. The van der Waals surface area contributed by atoms with Crippen molar-refractivity contribution in [3.63, 3.8) is 0 Å². The van der Waals surface area contributed by atoms with Crippen molar-refractivity contribution in [1.82, 2.24) is 9.55 Å². The molecule has 1 aromatic heterocycles. The lowest BCUT2D eigenvalue weighted by Gasteiger charge is -2.04. The van der Waals surface area contributed by atoms with E-state index in [2.05, 4.69) is 20.9 Å². The van der Waals surface area contributed by atoms with Crippen LogP contribution in [0.3, 0.4) is 0 Å². The lowest BCUT2D eigenvalue weighted by atomic mass is 10.2. The number of benzene rings is 2. The number of aromatic nitrogens is 2. The SMILES string of the molecule is O=c1[nH]c2cc(O)ccc2n1Cc1cccc(Br)c1. The van der Waals surface area contributed by atoms with E-state index in [1.165, 1.54) is 0 Å². The van der Waals surface area contributed by atoms with E-state index in [1.807, 2.05) is 24.3 Å². The lowest BCUT2D eigenvalue weighted by molar-refractivity contribution is 0.476. The number of phenolic OH excluding ortho intramolecular Hbond substituents is 1. The van der Waals surface area contributed by atoms with Crippen LogP contribution < -0.4 is 5.69 Å². The average molecular weight is 319 g/mol. The van der Waals surface area contributed by atoms with Crippen LogP contribution in [-0.2, 0) is 6.54 Å². The number of rotatable bonds is 2. The van der Waals surface area contributed by atoms with Crippen LogP contribution in [0.25, 0.3) is 11.0 Å². The van der Waals surface area contributed by atoms with Crippen molar-refractivity contribution in [2.45, 2.75) is 6.54 Å². The molecule has 0 atom stereocenters. The second-order valence-corrected chi connectivity index (χ2v) is 5.26. The number of halogens is 1.